The number of aromatic nitrogens is 1. The highest BCUT2D eigenvalue weighted by Gasteiger charge is 2.27. The number of nitro groups is 2. The summed E-state index contributed by atoms with van der Waals surface area (Å²) in [6.45, 7) is 1.87. The van der Waals surface area contributed by atoms with Crippen LogP contribution in [0.15, 0.2) is 24.4 Å². The number of rotatable bonds is 4. The van der Waals surface area contributed by atoms with Crippen LogP contribution < -0.4 is 4.74 Å². The Bertz CT molecular complexity index is 671. The average molecular weight is 263 g/mol. The molecule has 0 atom stereocenters. The lowest BCUT2D eigenvalue weighted by molar-refractivity contribution is -0.393. The first-order valence-electron chi connectivity index (χ1n) is 5.39. The van der Waals surface area contributed by atoms with E-state index in [2.05, 4.69) is 4.98 Å². The molecule has 0 unspecified atom stereocenters. The Kier molecular flexibility index (Phi) is 3.23. The highest BCUT2D eigenvalue weighted by molar-refractivity contribution is 5.95. The zero-order valence-corrected chi connectivity index (χ0v) is 9.90. The number of ether oxygens (including phenoxy) is 1. The molecule has 0 radical (unpaired) electrons. The molecule has 0 fully saturated rings. The van der Waals surface area contributed by atoms with Crippen molar-refractivity contribution >= 4 is 22.3 Å². The minimum Gasteiger partial charge on any atom is -0.486 e. The van der Waals surface area contributed by atoms with Crippen molar-refractivity contribution in [3.63, 3.8) is 0 Å². The third-order valence-corrected chi connectivity index (χ3v) is 2.49. The number of hydrogen-bond donors (Lipinski definition) is 0. The fraction of sp³-hybridized carbons (Fsp3) is 0.182. The van der Waals surface area contributed by atoms with Gasteiger partial charge >= 0.3 is 5.69 Å². The molecule has 8 nitrogen and oxygen atoms in total. The van der Waals surface area contributed by atoms with E-state index in [9.17, 15) is 20.2 Å². The van der Waals surface area contributed by atoms with Crippen LogP contribution >= 0.6 is 0 Å². The molecule has 0 aliphatic carbocycles. The number of non-ortho nitro benzene ring substituents is 1. The van der Waals surface area contributed by atoms with Crippen molar-refractivity contribution in [3.8, 4) is 5.75 Å². The van der Waals surface area contributed by atoms with E-state index in [0.29, 0.717) is 0 Å². The zero-order valence-electron chi connectivity index (χ0n) is 9.90. The Labute approximate surface area is 106 Å². The molecular formula is C11H9N3O5. The second-order valence-electron chi connectivity index (χ2n) is 3.59. The van der Waals surface area contributed by atoms with Gasteiger partial charge in [0.1, 0.15) is 5.52 Å². The van der Waals surface area contributed by atoms with Gasteiger partial charge in [0, 0.05) is 6.20 Å². The number of nitrogens with zero attached hydrogens (tertiary/aromatic N) is 3. The minimum absolute atomic E-state index is 0.0475. The Morgan fingerprint density at radius 2 is 1.95 bits per heavy atom. The number of hydrogen-bond acceptors (Lipinski definition) is 6. The molecule has 1 aromatic carbocycles. The molecule has 1 aromatic heterocycles. The highest BCUT2D eigenvalue weighted by atomic mass is 16.6. The van der Waals surface area contributed by atoms with Crippen molar-refractivity contribution in [1.82, 2.24) is 4.98 Å². The van der Waals surface area contributed by atoms with Crippen LogP contribution in [0, 0.1) is 20.2 Å². The second-order valence-corrected chi connectivity index (χ2v) is 3.59. The van der Waals surface area contributed by atoms with E-state index in [1.807, 2.05) is 0 Å². The van der Waals surface area contributed by atoms with E-state index < -0.39 is 15.5 Å². The van der Waals surface area contributed by atoms with Gasteiger partial charge in [0.25, 0.3) is 5.69 Å². The maximum Gasteiger partial charge on any atom is 0.320 e. The highest BCUT2D eigenvalue weighted by Crippen LogP contribution is 2.39. The summed E-state index contributed by atoms with van der Waals surface area (Å²) in [6, 6.07) is 3.90. The van der Waals surface area contributed by atoms with Crippen LogP contribution in [0.3, 0.4) is 0 Å². The molecule has 0 amide bonds. The summed E-state index contributed by atoms with van der Waals surface area (Å²) in [5, 5.41) is 22.2. The molecule has 0 bridgehead atoms. The zero-order chi connectivity index (χ0) is 14.0. The van der Waals surface area contributed by atoms with E-state index in [-0.39, 0.29) is 28.9 Å². The van der Waals surface area contributed by atoms with Crippen LogP contribution in [0.1, 0.15) is 6.92 Å². The van der Waals surface area contributed by atoms with E-state index in [4.69, 9.17) is 4.74 Å². The van der Waals surface area contributed by atoms with Crippen molar-refractivity contribution in [3.05, 3.63) is 44.6 Å². The van der Waals surface area contributed by atoms with Gasteiger partial charge in [-0.1, -0.05) is 0 Å². The molecular weight excluding hydrogens is 254 g/mol. The molecule has 0 spiro atoms. The van der Waals surface area contributed by atoms with E-state index in [1.165, 1.54) is 18.3 Å². The first kappa shape index (κ1) is 12.7. The van der Waals surface area contributed by atoms with Crippen LogP contribution in [0.25, 0.3) is 10.9 Å². The molecule has 98 valence electrons. The number of pyridine rings is 1. The smallest absolute Gasteiger partial charge is 0.320 e. The number of fused-ring (bicyclic) bond motifs is 1. The van der Waals surface area contributed by atoms with Crippen molar-refractivity contribution in [2.75, 3.05) is 6.61 Å². The third kappa shape index (κ3) is 2.15. The van der Waals surface area contributed by atoms with Gasteiger partial charge in [-0.15, -0.1) is 0 Å². The Hall–Kier alpha value is -2.77. The molecule has 1 heterocycles. The van der Waals surface area contributed by atoms with E-state index in [1.54, 1.807) is 6.92 Å². The second kappa shape index (κ2) is 4.84. The van der Waals surface area contributed by atoms with E-state index >= 15 is 0 Å². The molecule has 0 aliphatic heterocycles. The SMILES string of the molecule is CCOc1c([N+](=O)[O-])cc([N+](=O)[O-])c2cccnc12. The molecule has 0 saturated carbocycles. The van der Waals surface area contributed by atoms with Gasteiger partial charge in [0.15, 0.2) is 0 Å². The van der Waals surface area contributed by atoms with Crippen LogP contribution in [0.4, 0.5) is 11.4 Å². The summed E-state index contributed by atoms with van der Waals surface area (Å²) in [5.74, 6) is -0.0475. The molecule has 0 saturated heterocycles. The predicted molar refractivity (Wildman–Crippen MR) is 66.2 cm³/mol. The summed E-state index contributed by atoms with van der Waals surface area (Å²) < 4.78 is 5.22. The van der Waals surface area contributed by atoms with Crippen LogP contribution in [-0.2, 0) is 0 Å². The van der Waals surface area contributed by atoms with Gasteiger partial charge in [0.2, 0.25) is 5.75 Å². The first-order valence-corrected chi connectivity index (χ1v) is 5.39. The predicted octanol–water partition coefficient (Wildman–Crippen LogP) is 2.45. The fourth-order valence-corrected chi connectivity index (χ4v) is 1.76. The van der Waals surface area contributed by atoms with Crippen molar-refractivity contribution < 1.29 is 14.6 Å². The lowest BCUT2D eigenvalue weighted by Gasteiger charge is -2.07. The maximum atomic E-state index is 11.0. The van der Waals surface area contributed by atoms with Crippen LogP contribution in [-0.4, -0.2) is 21.4 Å². The summed E-state index contributed by atoms with van der Waals surface area (Å²) in [7, 11) is 0. The Balaban J connectivity index is 2.89. The van der Waals surface area contributed by atoms with Crippen LogP contribution in [0.5, 0.6) is 5.75 Å². The van der Waals surface area contributed by atoms with Gasteiger partial charge in [-0.25, -0.2) is 0 Å². The summed E-state index contributed by atoms with van der Waals surface area (Å²) >= 11 is 0. The Morgan fingerprint density at radius 1 is 1.26 bits per heavy atom. The summed E-state index contributed by atoms with van der Waals surface area (Å²) in [5.41, 5.74) is -0.705. The third-order valence-electron chi connectivity index (χ3n) is 2.49. The van der Waals surface area contributed by atoms with Gasteiger partial charge < -0.3 is 4.74 Å². The lowest BCUT2D eigenvalue weighted by Crippen LogP contribution is -2.01. The first-order chi connectivity index (χ1) is 9.06. The van der Waals surface area contributed by atoms with Crippen LogP contribution in [0.2, 0.25) is 0 Å². The average Bonchev–Trinajstić information content (AvgIpc) is 2.38. The number of nitro benzene ring substituents is 2. The van der Waals surface area contributed by atoms with Gasteiger partial charge in [-0.3, -0.25) is 25.2 Å². The quantitative estimate of drug-likeness (QED) is 0.619. The molecule has 2 rings (SSSR count). The lowest BCUT2D eigenvalue weighted by atomic mass is 10.1. The molecule has 8 heteroatoms. The standard InChI is InChI=1S/C11H9N3O5/c1-2-19-11-9(14(17)18)6-8(13(15)16)7-4-3-5-12-10(7)11/h3-6H,2H2,1H3. The molecule has 2 aromatic rings. The summed E-state index contributed by atoms with van der Waals surface area (Å²) in [4.78, 5) is 24.5. The van der Waals surface area contributed by atoms with Gasteiger partial charge in [-0.2, -0.15) is 0 Å². The minimum atomic E-state index is -0.716. The topological polar surface area (TPSA) is 108 Å². The van der Waals surface area contributed by atoms with Crippen molar-refractivity contribution in [2.24, 2.45) is 0 Å². The largest absolute Gasteiger partial charge is 0.486 e. The van der Waals surface area contributed by atoms with E-state index in [0.717, 1.165) is 6.07 Å². The fourth-order valence-electron chi connectivity index (χ4n) is 1.76. The Morgan fingerprint density at radius 3 is 2.53 bits per heavy atom. The van der Waals surface area contributed by atoms with Crippen molar-refractivity contribution in [2.45, 2.75) is 6.92 Å². The number of benzene rings is 1. The molecule has 0 aliphatic rings. The molecule has 19 heavy (non-hydrogen) atoms. The monoisotopic (exact) mass is 263 g/mol. The van der Waals surface area contributed by atoms with Gasteiger partial charge in [0.05, 0.1) is 27.9 Å². The summed E-state index contributed by atoms with van der Waals surface area (Å²) in [6.07, 6.45) is 1.40. The van der Waals surface area contributed by atoms with Crippen molar-refractivity contribution in [1.29, 1.82) is 0 Å². The normalized spacial score (nSPS) is 10.4. The van der Waals surface area contributed by atoms with Gasteiger partial charge in [-0.05, 0) is 19.1 Å². The molecule has 0 N–H and O–H groups in total. The maximum absolute atomic E-state index is 11.0.